The van der Waals surface area contributed by atoms with Crippen molar-refractivity contribution in [1.82, 2.24) is 0 Å². The van der Waals surface area contributed by atoms with Gasteiger partial charge in [-0.2, -0.15) is 26.3 Å². The smallest absolute Gasteiger partial charge is 0.377 e. The van der Waals surface area contributed by atoms with E-state index in [0.717, 1.165) is 106 Å². The van der Waals surface area contributed by atoms with Crippen LogP contribution in [0.1, 0.15) is 218 Å². The second kappa shape index (κ2) is 38.6. The van der Waals surface area contributed by atoms with Crippen LogP contribution in [0.2, 0.25) is 0 Å². The lowest BCUT2D eigenvalue weighted by Crippen LogP contribution is -2.60. The molecule has 23 fully saturated rings. The standard InChI is InChI=1S/2C25H34F2O5.C24H30F2O6.C21H21S.C18H15S/c2*1-24(26,27)22(28)32-21-18-7-15-8-19(21)11-25(9-15,10-18)23(29)31-12-30-20-16-3-13-2-14(5-16)6-17(20)4-13;1-3-24(12-5-10-4-11(7-12)8-13(24)6-10)32-21(28)17-15-9-14-16(17)20(27)30-18(14)19(15)31-22(29)23(2,25)26;1-16-4-10-19(11-5-16)22(20-12-6-17(2)7-13-20)21-14-8-18(3)9-15-21;1-4-10-16(11-5-1)19(17-12-6-2-7-13-17)18-14-8-3-9-15-18/h2*13-21H,2-12H2,1H3;10-19H,3-9H2,1-2H3;4-15H,1-3H3;1-15H/q;;;2*+1. The van der Waals surface area contributed by atoms with Gasteiger partial charge in [0.05, 0.1) is 56.7 Å². The summed E-state index contributed by atoms with van der Waals surface area (Å²) in [5.41, 5.74) is 2.28. The number of hydrogen-bond donors (Lipinski definition) is 0. The highest BCUT2D eigenvalue weighted by atomic mass is 32.2. The second-order valence-corrected chi connectivity index (χ2v) is 49.6. The zero-order chi connectivity index (χ0) is 95.5. The van der Waals surface area contributed by atoms with E-state index in [1.165, 1.54) is 117 Å². The lowest BCUT2D eigenvalue weighted by Gasteiger charge is -2.60. The first-order chi connectivity index (χ1) is 65.6. The minimum atomic E-state index is -3.65. The van der Waals surface area contributed by atoms with Gasteiger partial charge in [-0.05, 0) is 373 Å². The average molecular weight is 1930 g/mol. The molecule has 734 valence electrons. The van der Waals surface area contributed by atoms with E-state index in [1.54, 1.807) is 0 Å². The molecule has 10 unspecified atom stereocenters. The molecule has 137 heavy (non-hydrogen) atoms. The monoisotopic (exact) mass is 1920 g/mol. The zero-order valence-electron chi connectivity index (χ0n) is 79.9. The lowest BCUT2D eigenvalue weighted by atomic mass is 9.48. The number of rotatable bonds is 23. The molecule has 0 spiro atoms. The van der Waals surface area contributed by atoms with Crippen molar-refractivity contribution in [3.8, 4) is 0 Å². The first-order valence-corrected chi connectivity index (χ1v) is 53.7. The normalized spacial score (nSPS) is 37.4. The molecule has 6 aromatic rings. The van der Waals surface area contributed by atoms with E-state index in [9.17, 15) is 59.9 Å². The predicted molar refractivity (Wildman–Crippen MR) is 501 cm³/mol. The van der Waals surface area contributed by atoms with Crippen LogP contribution in [0.25, 0.3) is 0 Å². The average Bonchev–Trinajstić information content (AvgIpc) is 1.51. The van der Waals surface area contributed by atoms with Crippen molar-refractivity contribution in [1.29, 1.82) is 0 Å². The molecule has 22 aliphatic carbocycles. The van der Waals surface area contributed by atoms with Crippen LogP contribution in [-0.2, 0) is 98.0 Å². The van der Waals surface area contributed by atoms with E-state index in [2.05, 4.69) is 191 Å². The minimum absolute atomic E-state index is 0.0146. The van der Waals surface area contributed by atoms with Crippen LogP contribution in [-0.4, -0.2) is 115 Å². The number of ether oxygens (including phenoxy) is 9. The summed E-state index contributed by atoms with van der Waals surface area (Å²) >= 11 is 0. The van der Waals surface area contributed by atoms with Gasteiger partial charge in [0.2, 0.25) is 0 Å². The molecule has 22 saturated carbocycles. The van der Waals surface area contributed by atoms with Crippen molar-refractivity contribution < 1.29 is 103 Å². The number of hydrogen-bond acceptors (Lipinski definition) is 16. The van der Waals surface area contributed by atoms with Crippen molar-refractivity contribution >= 4 is 63.6 Å². The highest BCUT2D eigenvalue weighted by Gasteiger charge is 2.72. The fourth-order valence-electron chi connectivity index (χ4n) is 31.5. The third-order valence-electron chi connectivity index (χ3n) is 36.1. The molecule has 10 atom stereocenters. The van der Waals surface area contributed by atoms with Crippen LogP contribution in [0.5, 0.6) is 0 Å². The first-order valence-electron chi connectivity index (χ1n) is 51.2. The fraction of sp³-hybridized carbons (Fsp3) is 0.619. The molecule has 0 aromatic heterocycles. The highest BCUT2D eigenvalue weighted by Crippen LogP contribution is 2.67. The molecule has 22 bridgehead atoms. The Morgan fingerprint density at radius 1 is 0.358 bits per heavy atom. The van der Waals surface area contributed by atoms with Crippen molar-refractivity contribution in [3.63, 3.8) is 0 Å². The summed E-state index contributed by atoms with van der Waals surface area (Å²) in [5, 5.41) is 0. The molecule has 0 N–H and O–H groups in total. The summed E-state index contributed by atoms with van der Waals surface area (Å²) in [6.45, 7) is 10.2. The van der Waals surface area contributed by atoms with E-state index < -0.39 is 106 Å². The Hall–Kier alpha value is -8.19. The van der Waals surface area contributed by atoms with Gasteiger partial charge in [-0.15, -0.1) is 0 Å². The van der Waals surface area contributed by atoms with Crippen LogP contribution in [0.4, 0.5) is 26.3 Å². The SMILES string of the molecule is CC(F)(F)C(=O)OC1C2CC3CC1CC(C(=O)OCOC1C4CC5CC(C4)CC1C5)(C3)C2.CC(F)(F)C(=O)OC1C2CC3CC1CC(C(=O)OCOC1C4CC5CC(C4)CC1C5)(C3)C2.CCC1(OC(=O)C2C3CC4C(OC(=O)C42)C3OC(=O)C(C)(F)F)C2CC3CC(C2)CC1C3.Cc1ccc([S+](c2ccc(C)cc2)c2ccc(C)cc2)cc1.c1ccc([S+](c2ccccc2)c2ccccc2)cc1. The highest BCUT2D eigenvalue weighted by molar-refractivity contribution is 7.97. The molecule has 16 nitrogen and oxygen atoms in total. The maximum atomic E-state index is 13.6. The van der Waals surface area contributed by atoms with Crippen molar-refractivity contribution in [2.75, 3.05) is 13.6 Å². The van der Waals surface area contributed by atoms with Crippen LogP contribution in [0.15, 0.2) is 193 Å². The molecular formula is C113H134F6O16S2+2. The summed E-state index contributed by atoms with van der Waals surface area (Å²) in [7, 11) is -0.0541. The van der Waals surface area contributed by atoms with Crippen molar-refractivity contribution in [3.05, 3.63) is 180 Å². The third-order valence-corrected chi connectivity index (χ3v) is 40.6. The molecule has 23 aliphatic rings. The summed E-state index contributed by atoms with van der Waals surface area (Å²) < 4.78 is 132. The molecule has 24 heteroatoms. The van der Waals surface area contributed by atoms with Gasteiger partial charge in [0.1, 0.15) is 30.0 Å². The number of halogens is 6. The largest absolute Gasteiger partial charge is 0.458 e. The summed E-state index contributed by atoms with van der Waals surface area (Å²) in [6.07, 6.45) is 24.6. The van der Waals surface area contributed by atoms with Gasteiger partial charge >= 0.3 is 59.6 Å². The van der Waals surface area contributed by atoms with Crippen LogP contribution < -0.4 is 0 Å². The Bertz CT molecular complexity index is 4890. The number of carbonyl (C=O) groups is 7. The zero-order valence-corrected chi connectivity index (χ0v) is 81.5. The third kappa shape index (κ3) is 19.5. The summed E-state index contributed by atoms with van der Waals surface area (Å²) in [5.74, 6) is -9.98. The first kappa shape index (κ1) is 96.3. The molecular weight excluding hydrogens is 1790 g/mol. The number of aryl methyl sites for hydroxylation is 3. The number of benzene rings is 6. The van der Waals surface area contributed by atoms with Crippen LogP contribution >= 0.6 is 0 Å². The predicted octanol–water partition coefficient (Wildman–Crippen LogP) is 23.4. The van der Waals surface area contributed by atoms with E-state index in [-0.39, 0.29) is 89.1 Å². The van der Waals surface area contributed by atoms with E-state index in [0.29, 0.717) is 100 Å². The van der Waals surface area contributed by atoms with Gasteiger partial charge in [0.15, 0.2) is 43.0 Å². The number of carbonyl (C=O) groups excluding carboxylic acids is 7. The topological polar surface area (TPSA) is 203 Å². The van der Waals surface area contributed by atoms with Crippen LogP contribution in [0.3, 0.4) is 0 Å². The second-order valence-electron chi connectivity index (χ2n) is 45.5. The Balaban J connectivity index is 0.000000107. The molecule has 0 radical (unpaired) electrons. The molecule has 1 aliphatic heterocycles. The van der Waals surface area contributed by atoms with E-state index in [1.807, 2.05) is 0 Å². The maximum absolute atomic E-state index is 13.6. The van der Waals surface area contributed by atoms with Gasteiger partial charge in [0.25, 0.3) is 0 Å². The Morgan fingerprint density at radius 2 is 0.657 bits per heavy atom. The van der Waals surface area contributed by atoms with Crippen molar-refractivity contribution in [2.24, 2.45) is 141 Å². The van der Waals surface area contributed by atoms with E-state index in [4.69, 9.17) is 42.6 Å². The van der Waals surface area contributed by atoms with Gasteiger partial charge in [0, 0.05) is 32.6 Å². The fourth-order valence-corrected chi connectivity index (χ4v) is 35.6. The Labute approximate surface area is 807 Å². The van der Waals surface area contributed by atoms with Gasteiger partial charge in [-0.25, -0.2) is 14.4 Å². The molecule has 0 amide bonds. The lowest BCUT2D eigenvalue weighted by molar-refractivity contribution is -0.219. The van der Waals surface area contributed by atoms with Gasteiger partial charge in [-0.3, -0.25) is 19.2 Å². The minimum Gasteiger partial charge on any atom is -0.458 e. The quantitative estimate of drug-likeness (QED) is 0.0192. The van der Waals surface area contributed by atoms with E-state index >= 15 is 0 Å². The molecule has 1 saturated heterocycles. The Morgan fingerprint density at radius 3 is 0.971 bits per heavy atom. The van der Waals surface area contributed by atoms with Crippen molar-refractivity contribution in [2.45, 2.75) is 311 Å². The summed E-state index contributed by atoms with van der Waals surface area (Å²) in [4.78, 5) is 96.3. The molecule has 29 rings (SSSR count). The maximum Gasteiger partial charge on any atom is 0.377 e. The number of alkyl halides is 6. The van der Waals surface area contributed by atoms with Gasteiger partial charge < -0.3 is 42.6 Å². The molecule has 6 aromatic carbocycles. The number of fused-ring (bicyclic) bond motifs is 1. The number of esters is 7. The Kier molecular flexibility index (Phi) is 27.1. The molecule has 1 heterocycles. The van der Waals surface area contributed by atoms with Gasteiger partial charge in [-0.1, -0.05) is 115 Å². The van der Waals surface area contributed by atoms with Crippen LogP contribution in [0, 0.1) is 162 Å². The summed E-state index contributed by atoms with van der Waals surface area (Å²) in [6, 6.07) is 59.0.